The van der Waals surface area contributed by atoms with E-state index in [-0.39, 0.29) is 17.9 Å². The lowest BCUT2D eigenvalue weighted by atomic mass is 9.74. The van der Waals surface area contributed by atoms with Crippen molar-refractivity contribution in [1.82, 2.24) is 10.2 Å². The van der Waals surface area contributed by atoms with E-state index in [0.717, 1.165) is 37.7 Å². The molecule has 2 aliphatic heterocycles. The Bertz CT molecular complexity index is 779. The second kappa shape index (κ2) is 11.4. The minimum atomic E-state index is -1.01. The number of nitrogens with two attached hydrogens (primary N) is 1. The predicted molar refractivity (Wildman–Crippen MR) is 120 cm³/mol. The first-order chi connectivity index (χ1) is 15.4. The SMILES string of the molecule is NCCCC[C@H](N[C@@H](CCc1ccccc1)C(=O)O)C(=O)N1C2CCC(CC2)[C@H]1C(=O)O. The number of unbranched alkanes of at least 4 members (excludes halogenated alkanes) is 1. The molecule has 3 atom stereocenters. The van der Waals surface area contributed by atoms with E-state index < -0.39 is 30.1 Å². The summed E-state index contributed by atoms with van der Waals surface area (Å²) in [5.74, 6) is -2.28. The number of fused-ring (bicyclic) bond motifs is 3. The zero-order chi connectivity index (χ0) is 23.1. The molecular formula is C24H35N3O5. The molecule has 0 unspecified atom stereocenters. The number of piperidine rings is 2. The Morgan fingerprint density at radius 3 is 2.28 bits per heavy atom. The Labute approximate surface area is 189 Å². The van der Waals surface area contributed by atoms with Crippen LogP contribution >= 0.6 is 0 Å². The molecule has 2 heterocycles. The number of hydrogen-bond acceptors (Lipinski definition) is 5. The predicted octanol–water partition coefficient (Wildman–Crippen LogP) is 2.01. The zero-order valence-electron chi connectivity index (χ0n) is 18.5. The molecular weight excluding hydrogens is 410 g/mol. The van der Waals surface area contributed by atoms with Gasteiger partial charge in [0.05, 0.1) is 6.04 Å². The summed E-state index contributed by atoms with van der Waals surface area (Å²) in [4.78, 5) is 39.1. The van der Waals surface area contributed by atoms with Crippen LogP contribution in [0.3, 0.4) is 0 Å². The first kappa shape index (κ1) is 24.2. The van der Waals surface area contributed by atoms with Crippen LogP contribution in [0.15, 0.2) is 30.3 Å². The van der Waals surface area contributed by atoms with Crippen molar-refractivity contribution in [3.05, 3.63) is 35.9 Å². The van der Waals surface area contributed by atoms with Crippen LogP contribution in [-0.4, -0.2) is 63.7 Å². The van der Waals surface area contributed by atoms with Crippen LogP contribution < -0.4 is 11.1 Å². The van der Waals surface area contributed by atoms with Gasteiger partial charge in [0.2, 0.25) is 5.91 Å². The molecule has 176 valence electrons. The zero-order valence-corrected chi connectivity index (χ0v) is 18.5. The summed E-state index contributed by atoms with van der Waals surface area (Å²) in [5.41, 5.74) is 6.65. The molecule has 1 aliphatic carbocycles. The maximum absolute atomic E-state index is 13.6. The van der Waals surface area contributed by atoms with E-state index in [1.165, 1.54) is 0 Å². The van der Waals surface area contributed by atoms with Gasteiger partial charge in [0.15, 0.2) is 0 Å². The van der Waals surface area contributed by atoms with E-state index >= 15 is 0 Å². The van der Waals surface area contributed by atoms with Gasteiger partial charge >= 0.3 is 11.9 Å². The number of carboxylic acid groups (broad SMARTS) is 2. The smallest absolute Gasteiger partial charge is 0.326 e. The first-order valence-electron chi connectivity index (χ1n) is 11.7. The quantitative estimate of drug-likeness (QED) is 0.362. The van der Waals surface area contributed by atoms with Gasteiger partial charge in [-0.2, -0.15) is 0 Å². The van der Waals surface area contributed by atoms with Gasteiger partial charge in [-0.25, -0.2) is 4.79 Å². The van der Waals surface area contributed by atoms with Crippen LogP contribution in [0.4, 0.5) is 0 Å². The topological polar surface area (TPSA) is 133 Å². The molecule has 1 saturated carbocycles. The summed E-state index contributed by atoms with van der Waals surface area (Å²) in [7, 11) is 0. The van der Waals surface area contributed by atoms with E-state index in [0.29, 0.717) is 32.2 Å². The fourth-order valence-corrected chi connectivity index (χ4v) is 5.21. The third-order valence-corrected chi connectivity index (χ3v) is 6.90. The number of amides is 1. The average molecular weight is 446 g/mol. The molecule has 0 radical (unpaired) electrons. The highest BCUT2D eigenvalue weighted by atomic mass is 16.4. The molecule has 0 spiro atoms. The number of nitrogens with zero attached hydrogens (tertiary/aromatic N) is 1. The fourth-order valence-electron chi connectivity index (χ4n) is 5.21. The second-order valence-corrected chi connectivity index (χ2v) is 9.02. The van der Waals surface area contributed by atoms with Crippen LogP contribution in [0.2, 0.25) is 0 Å². The number of hydrogen-bond donors (Lipinski definition) is 4. The molecule has 4 rings (SSSR count). The van der Waals surface area contributed by atoms with Gasteiger partial charge in [-0.1, -0.05) is 36.8 Å². The Hall–Kier alpha value is -2.45. The molecule has 8 heteroatoms. The van der Waals surface area contributed by atoms with Crippen molar-refractivity contribution in [3.63, 3.8) is 0 Å². The van der Waals surface area contributed by atoms with E-state index in [9.17, 15) is 24.6 Å². The second-order valence-electron chi connectivity index (χ2n) is 9.02. The van der Waals surface area contributed by atoms with E-state index in [1.807, 2.05) is 30.3 Å². The van der Waals surface area contributed by atoms with Crippen LogP contribution in [-0.2, 0) is 20.8 Å². The summed E-state index contributed by atoms with van der Waals surface area (Å²) in [6.45, 7) is 0.490. The molecule has 3 aliphatic rings. The van der Waals surface area contributed by atoms with Crippen molar-refractivity contribution in [2.75, 3.05) is 6.54 Å². The van der Waals surface area contributed by atoms with Gasteiger partial charge in [-0.3, -0.25) is 14.9 Å². The summed E-state index contributed by atoms with van der Waals surface area (Å²) in [6.07, 6.45) is 6.02. The summed E-state index contributed by atoms with van der Waals surface area (Å²) >= 11 is 0. The standard InChI is InChI=1S/C24H35N3O5/c25-15-5-4-8-19(26-20(23(29)30)14-9-16-6-2-1-3-7-16)22(28)27-18-12-10-17(11-13-18)21(27)24(31)32/h1-3,6-7,17-21,26H,4-5,8-15,25H2,(H,29,30)(H,31,32)/t17?,18?,19-,20-,21-/m0/s1. The van der Waals surface area contributed by atoms with Crippen LogP contribution in [0, 0.1) is 5.92 Å². The van der Waals surface area contributed by atoms with Crippen LogP contribution in [0.25, 0.3) is 0 Å². The van der Waals surface area contributed by atoms with E-state index in [2.05, 4.69) is 5.32 Å². The summed E-state index contributed by atoms with van der Waals surface area (Å²) < 4.78 is 0. The third kappa shape index (κ3) is 5.86. The Balaban J connectivity index is 1.75. The van der Waals surface area contributed by atoms with Crippen molar-refractivity contribution >= 4 is 17.8 Å². The number of carbonyl (C=O) groups excluding carboxylic acids is 1. The average Bonchev–Trinajstić information content (AvgIpc) is 2.80. The summed E-state index contributed by atoms with van der Waals surface area (Å²) in [5, 5.41) is 22.7. The number of aryl methyl sites for hydroxylation is 1. The van der Waals surface area contributed by atoms with Crippen molar-refractivity contribution in [2.45, 2.75) is 82.0 Å². The van der Waals surface area contributed by atoms with Crippen molar-refractivity contribution in [3.8, 4) is 0 Å². The van der Waals surface area contributed by atoms with Gasteiger partial charge in [0.25, 0.3) is 0 Å². The minimum absolute atomic E-state index is 0.0282. The Morgan fingerprint density at radius 2 is 1.69 bits per heavy atom. The summed E-state index contributed by atoms with van der Waals surface area (Å²) in [6, 6.07) is 7.10. The monoisotopic (exact) mass is 445 g/mol. The molecule has 2 bridgehead atoms. The molecule has 32 heavy (non-hydrogen) atoms. The maximum Gasteiger partial charge on any atom is 0.326 e. The molecule has 1 aromatic carbocycles. The lowest BCUT2D eigenvalue weighted by Crippen LogP contribution is -2.64. The van der Waals surface area contributed by atoms with Crippen LogP contribution in [0.1, 0.15) is 56.9 Å². The van der Waals surface area contributed by atoms with Gasteiger partial charge in [0, 0.05) is 6.04 Å². The maximum atomic E-state index is 13.6. The van der Waals surface area contributed by atoms with Gasteiger partial charge in [-0.15, -0.1) is 0 Å². The Morgan fingerprint density at radius 1 is 1.00 bits per heavy atom. The number of carboxylic acids is 2. The number of aliphatic carboxylic acids is 2. The molecule has 3 fully saturated rings. The minimum Gasteiger partial charge on any atom is -0.480 e. The third-order valence-electron chi connectivity index (χ3n) is 6.90. The first-order valence-corrected chi connectivity index (χ1v) is 11.7. The molecule has 8 nitrogen and oxygen atoms in total. The normalized spacial score (nSPS) is 24.2. The largest absolute Gasteiger partial charge is 0.480 e. The molecule has 1 amide bonds. The van der Waals surface area contributed by atoms with E-state index in [4.69, 9.17) is 5.73 Å². The highest BCUT2D eigenvalue weighted by Gasteiger charge is 2.49. The van der Waals surface area contributed by atoms with Crippen LogP contribution in [0.5, 0.6) is 0 Å². The molecule has 2 saturated heterocycles. The molecule has 0 aromatic heterocycles. The van der Waals surface area contributed by atoms with Gasteiger partial charge in [-0.05, 0) is 69.4 Å². The van der Waals surface area contributed by atoms with Crippen molar-refractivity contribution < 1.29 is 24.6 Å². The number of benzene rings is 1. The molecule has 5 N–H and O–H groups in total. The van der Waals surface area contributed by atoms with Crippen molar-refractivity contribution in [1.29, 1.82) is 0 Å². The van der Waals surface area contributed by atoms with E-state index in [1.54, 1.807) is 4.90 Å². The number of rotatable bonds is 12. The highest BCUT2D eigenvalue weighted by Crippen LogP contribution is 2.40. The molecule has 1 aromatic rings. The van der Waals surface area contributed by atoms with Gasteiger partial charge in [0.1, 0.15) is 12.1 Å². The number of carbonyl (C=O) groups is 3. The Kier molecular flexibility index (Phi) is 8.64. The van der Waals surface area contributed by atoms with Gasteiger partial charge < -0.3 is 20.8 Å². The lowest BCUT2D eigenvalue weighted by molar-refractivity contribution is -0.164. The van der Waals surface area contributed by atoms with Crippen molar-refractivity contribution in [2.24, 2.45) is 11.7 Å². The highest BCUT2D eigenvalue weighted by molar-refractivity contribution is 5.88. The number of nitrogens with one attached hydrogen (secondary N) is 1. The fraction of sp³-hybridized carbons (Fsp3) is 0.625. The lowest BCUT2D eigenvalue weighted by Gasteiger charge is -2.50.